The fourth-order valence-corrected chi connectivity index (χ4v) is 3.99. The SMILES string of the molecule is CCC(=O)N[C@](C)(C(=O)NC1CCC(C(=O)NCc2ccc(C#N)cc2OC(F)(F)F)CC1)C(C)C. The number of hydrogen-bond donors (Lipinski definition) is 3. The van der Waals surface area contributed by atoms with Crippen molar-refractivity contribution in [1.82, 2.24) is 16.0 Å². The van der Waals surface area contributed by atoms with Crippen molar-refractivity contribution in [3.63, 3.8) is 0 Å². The Morgan fingerprint density at radius 1 is 1.17 bits per heavy atom. The zero-order valence-electron chi connectivity index (χ0n) is 20.9. The molecule has 36 heavy (non-hydrogen) atoms. The van der Waals surface area contributed by atoms with Gasteiger partial charge in [-0.25, -0.2) is 0 Å². The maximum Gasteiger partial charge on any atom is 0.573 e. The molecule has 1 aliphatic carbocycles. The Morgan fingerprint density at radius 2 is 1.81 bits per heavy atom. The Balaban J connectivity index is 1.93. The normalized spacial score (nSPS) is 19.5. The molecule has 0 radical (unpaired) electrons. The van der Waals surface area contributed by atoms with Gasteiger partial charge in [0.2, 0.25) is 17.7 Å². The predicted octanol–water partition coefficient (Wildman–Crippen LogP) is 3.69. The summed E-state index contributed by atoms with van der Waals surface area (Å²) in [5.74, 6) is -1.80. The first-order valence-corrected chi connectivity index (χ1v) is 12.0. The van der Waals surface area contributed by atoms with E-state index in [1.807, 2.05) is 13.8 Å². The highest BCUT2D eigenvalue weighted by Gasteiger charge is 2.39. The second kappa shape index (κ2) is 12.1. The second-order valence-corrected chi connectivity index (χ2v) is 9.48. The summed E-state index contributed by atoms with van der Waals surface area (Å²) < 4.78 is 42.2. The van der Waals surface area contributed by atoms with Gasteiger partial charge in [-0.3, -0.25) is 14.4 Å². The number of amides is 3. The fraction of sp³-hybridized carbons (Fsp3) is 0.600. The molecule has 8 nitrogen and oxygen atoms in total. The summed E-state index contributed by atoms with van der Waals surface area (Å²) in [7, 11) is 0. The van der Waals surface area contributed by atoms with Gasteiger partial charge in [0, 0.05) is 30.5 Å². The number of hydrogen-bond acceptors (Lipinski definition) is 5. The first-order chi connectivity index (χ1) is 16.8. The summed E-state index contributed by atoms with van der Waals surface area (Å²) in [5, 5.41) is 17.4. The number of benzene rings is 1. The van der Waals surface area contributed by atoms with Gasteiger partial charge in [-0.15, -0.1) is 13.2 Å². The van der Waals surface area contributed by atoms with Gasteiger partial charge in [0.25, 0.3) is 0 Å². The van der Waals surface area contributed by atoms with E-state index in [0.717, 1.165) is 6.07 Å². The molecule has 3 amide bonds. The molecule has 1 atom stereocenters. The molecule has 1 fully saturated rings. The van der Waals surface area contributed by atoms with Crippen molar-refractivity contribution in [1.29, 1.82) is 5.26 Å². The molecule has 11 heteroatoms. The third-order valence-electron chi connectivity index (χ3n) is 6.65. The molecule has 198 valence electrons. The molecule has 0 bridgehead atoms. The van der Waals surface area contributed by atoms with Gasteiger partial charge in [0.05, 0.1) is 11.6 Å². The van der Waals surface area contributed by atoms with Crippen molar-refractivity contribution < 1.29 is 32.3 Å². The van der Waals surface area contributed by atoms with E-state index in [-0.39, 0.29) is 59.7 Å². The first-order valence-electron chi connectivity index (χ1n) is 12.0. The summed E-state index contributed by atoms with van der Waals surface area (Å²) >= 11 is 0. The molecule has 1 aromatic rings. The number of ether oxygens (including phenoxy) is 1. The molecule has 3 N–H and O–H groups in total. The number of carbonyl (C=O) groups is 3. The van der Waals surface area contributed by atoms with Gasteiger partial charge < -0.3 is 20.7 Å². The van der Waals surface area contributed by atoms with Crippen LogP contribution in [0.1, 0.15) is 70.9 Å². The van der Waals surface area contributed by atoms with Crippen molar-refractivity contribution in [2.24, 2.45) is 11.8 Å². The average molecular weight is 511 g/mol. The lowest BCUT2D eigenvalue weighted by Gasteiger charge is -2.36. The highest BCUT2D eigenvalue weighted by Crippen LogP contribution is 2.29. The van der Waals surface area contributed by atoms with Gasteiger partial charge in [-0.2, -0.15) is 5.26 Å². The summed E-state index contributed by atoms with van der Waals surface area (Å²) in [5.41, 5.74) is -0.950. The standard InChI is InChI=1S/C25H33F3N4O4/c1-5-21(33)32-24(4,15(2)3)23(35)31-19-10-8-17(9-11-19)22(34)30-14-18-7-6-16(13-29)12-20(18)36-25(26,27)28/h6-7,12,15,17,19H,5,8-11,14H2,1-4H3,(H,30,34)(H,31,35)(H,32,33)/t17?,19?,24-/m0/s1. The van der Waals surface area contributed by atoms with E-state index < -0.39 is 17.7 Å². The third-order valence-corrected chi connectivity index (χ3v) is 6.65. The molecular weight excluding hydrogens is 477 g/mol. The van der Waals surface area contributed by atoms with Gasteiger partial charge in [-0.05, 0) is 50.7 Å². The first kappa shape index (κ1) is 28.9. The molecule has 0 spiro atoms. The van der Waals surface area contributed by atoms with Crippen LogP contribution < -0.4 is 20.7 Å². The van der Waals surface area contributed by atoms with Crippen LogP contribution in [-0.2, 0) is 20.9 Å². The number of alkyl halides is 3. The summed E-state index contributed by atoms with van der Waals surface area (Å²) in [4.78, 5) is 37.5. The van der Waals surface area contributed by atoms with Crippen molar-refractivity contribution >= 4 is 17.7 Å². The highest BCUT2D eigenvalue weighted by atomic mass is 19.4. The van der Waals surface area contributed by atoms with E-state index >= 15 is 0 Å². The van der Waals surface area contributed by atoms with E-state index in [9.17, 15) is 27.6 Å². The van der Waals surface area contributed by atoms with E-state index in [4.69, 9.17) is 5.26 Å². The number of halogens is 3. The monoisotopic (exact) mass is 510 g/mol. The van der Waals surface area contributed by atoms with Crippen LogP contribution in [0.3, 0.4) is 0 Å². The van der Waals surface area contributed by atoms with Gasteiger partial charge in [-0.1, -0.05) is 26.8 Å². The quantitative estimate of drug-likeness (QED) is 0.468. The second-order valence-electron chi connectivity index (χ2n) is 9.48. The Bertz CT molecular complexity index is 998. The summed E-state index contributed by atoms with van der Waals surface area (Å²) in [6, 6.07) is 5.26. The molecule has 1 saturated carbocycles. The third kappa shape index (κ3) is 7.86. The van der Waals surface area contributed by atoms with Gasteiger partial charge in [0.1, 0.15) is 11.3 Å². The van der Waals surface area contributed by atoms with Crippen molar-refractivity contribution in [2.75, 3.05) is 0 Å². The Labute approximate surface area is 208 Å². The van der Waals surface area contributed by atoms with Crippen LogP contribution in [0.25, 0.3) is 0 Å². The Morgan fingerprint density at radius 3 is 2.33 bits per heavy atom. The van der Waals surface area contributed by atoms with Crippen molar-refractivity contribution in [2.45, 2.75) is 84.3 Å². The lowest BCUT2D eigenvalue weighted by molar-refractivity contribution is -0.274. The smallest absolute Gasteiger partial charge is 0.405 e. The molecule has 0 saturated heterocycles. The number of rotatable bonds is 9. The maximum atomic E-state index is 13.0. The molecular formula is C25H33F3N4O4. The zero-order chi connectivity index (χ0) is 27.1. The van der Waals surface area contributed by atoms with Crippen LogP contribution in [0.2, 0.25) is 0 Å². The van der Waals surface area contributed by atoms with E-state index in [0.29, 0.717) is 25.7 Å². The van der Waals surface area contributed by atoms with Crippen LogP contribution in [0.4, 0.5) is 13.2 Å². The molecule has 2 rings (SSSR count). The summed E-state index contributed by atoms with van der Waals surface area (Å²) in [6.45, 7) is 6.94. The topological polar surface area (TPSA) is 120 Å². The predicted molar refractivity (Wildman–Crippen MR) is 125 cm³/mol. The number of carbonyl (C=O) groups excluding carboxylic acids is 3. The average Bonchev–Trinajstić information content (AvgIpc) is 2.82. The van der Waals surface area contributed by atoms with Crippen LogP contribution in [-0.4, -0.2) is 35.7 Å². The lowest BCUT2D eigenvalue weighted by Crippen LogP contribution is -2.61. The van der Waals surface area contributed by atoms with Gasteiger partial charge >= 0.3 is 6.36 Å². The largest absolute Gasteiger partial charge is 0.573 e. The van der Waals surface area contributed by atoms with E-state index in [2.05, 4.69) is 20.7 Å². The summed E-state index contributed by atoms with van der Waals surface area (Å²) in [6.07, 6.45) is -2.56. The molecule has 1 aromatic carbocycles. The van der Waals surface area contributed by atoms with Crippen LogP contribution >= 0.6 is 0 Å². The minimum atomic E-state index is -4.93. The lowest BCUT2D eigenvalue weighted by atomic mass is 9.83. The number of nitrogens with one attached hydrogen (secondary N) is 3. The Kier molecular flexibility index (Phi) is 9.73. The number of nitriles is 1. The van der Waals surface area contributed by atoms with Crippen LogP contribution in [0.5, 0.6) is 5.75 Å². The van der Waals surface area contributed by atoms with Gasteiger partial charge in [0.15, 0.2) is 0 Å². The highest BCUT2D eigenvalue weighted by molar-refractivity contribution is 5.91. The molecule has 0 aliphatic heterocycles. The number of nitrogens with zero attached hydrogens (tertiary/aromatic N) is 1. The molecule has 0 aromatic heterocycles. The minimum Gasteiger partial charge on any atom is -0.405 e. The zero-order valence-corrected chi connectivity index (χ0v) is 20.9. The van der Waals surface area contributed by atoms with Crippen molar-refractivity contribution in [3.8, 4) is 11.8 Å². The maximum absolute atomic E-state index is 13.0. The van der Waals surface area contributed by atoms with E-state index in [1.54, 1.807) is 19.9 Å². The Hall–Kier alpha value is -3.29. The molecule has 0 heterocycles. The van der Waals surface area contributed by atoms with Crippen molar-refractivity contribution in [3.05, 3.63) is 29.3 Å². The van der Waals surface area contributed by atoms with Crippen LogP contribution in [0, 0.1) is 23.2 Å². The van der Waals surface area contributed by atoms with E-state index in [1.165, 1.54) is 12.1 Å². The minimum absolute atomic E-state index is 0.00696. The molecule has 1 aliphatic rings. The molecule has 0 unspecified atom stereocenters. The fourth-order valence-electron chi connectivity index (χ4n) is 3.99. The van der Waals surface area contributed by atoms with Crippen LogP contribution in [0.15, 0.2) is 18.2 Å².